The summed E-state index contributed by atoms with van der Waals surface area (Å²) in [6, 6.07) is 4.85. The lowest BCUT2D eigenvalue weighted by atomic mass is 9.99. The van der Waals surface area contributed by atoms with Crippen LogP contribution >= 0.6 is 0 Å². The summed E-state index contributed by atoms with van der Waals surface area (Å²) in [5, 5.41) is 0. The second kappa shape index (κ2) is 6.17. The molecular formula is C16H18N2O4. The molecule has 22 heavy (non-hydrogen) atoms. The van der Waals surface area contributed by atoms with Gasteiger partial charge in [0, 0.05) is 13.1 Å². The molecule has 1 saturated heterocycles. The van der Waals surface area contributed by atoms with E-state index in [1.165, 1.54) is 6.39 Å². The van der Waals surface area contributed by atoms with Crippen LogP contribution in [-0.4, -0.2) is 41.5 Å². The Hall–Kier alpha value is -2.37. The summed E-state index contributed by atoms with van der Waals surface area (Å²) in [5.74, 6) is -0.00724. The molecule has 1 aromatic heterocycles. The third-order valence-electron chi connectivity index (χ3n) is 4.03. The highest BCUT2D eigenvalue weighted by Crippen LogP contribution is 2.17. The van der Waals surface area contributed by atoms with E-state index in [0.29, 0.717) is 22.6 Å². The zero-order chi connectivity index (χ0) is 15.5. The average Bonchev–Trinajstić information content (AvgIpc) is 3.00. The number of benzene rings is 1. The quantitative estimate of drug-likeness (QED) is 0.813. The van der Waals surface area contributed by atoms with E-state index in [2.05, 4.69) is 11.9 Å². The van der Waals surface area contributed by atoms with Gasteiger partial charge in [0.15, 0.2) is 18.6 Å². The Morgan fingerprint density at radius 1 is 1.36 bits per heavy atom. The molecular weight excluding hydrogens is 284 g/mol. The molecule has 6 nitrogen and oxygen atoms in total. The number of aromatic nitrogens is 1. The summed E-state index contributed by atoms with van der Waals surface area (Å²) in [4.78, 5) is 29.8. The van der Waals surface area contributed by atoms with E-state index in [-0.39, 0.29) is 12.5 Å². The number of amides is 1. The van der Waals surface area contributed by atoms with Crippen LogP contribution in [0, 0.1) is 5.92 Å². The number of fused-ring (bicyclic) bond motifs is 1. The first-order valence-corrected chi connectivity index (χ1v) is 7.41. The molecule has 0 N–H and O–H groups in total. The number of carbonyl (C=O) groups is 2. The molecule has 0 unspecified atom stereocenters. The molecule has 2 heterocycles. The lowest BCUT2D eigenvalue weighted by Crippen LogP contribution is -2.40. The van der Waals surface area contributed by atoms with Gasteiger partial charge in [-0.15, -0.1) is 0 Å². The van der Waals surface area contributed by atoms with Crippen molar-refractivity contribution in [3.63, 3.8) is 0 Å². The molecule has 1 aliphatic rings. The number of rotatable bonds is 3. The minimum atomic E-state index is -0.524. The molecule has 1 aromatic carbocycles. The summed E-state index contributed by atoms with van der Waals surface area (Å²) in [5.41, 5.74) is 1.56. The van der Waals surface area contributed by atoms with Crippen LogP contribution in [0.5, 0.6) is 0 Å². The molecule has 0 radical (unpaired) electrons. The number of hydrogen-bond donors (Lipinski definition) is 0. The van der Waals surface area contributed by atoms with Crippen LogP contribution in [0.15, 0.2) is 29.0 Å². The first kappa shape index (κ1) is 14.6. The van der Waals surface area contributed by atoms with Crippen LogP contribution in [0.4, 0.5) is 0 Å². The van der Waals surface area contributed by atoms with Crippen LogP contribution in [-0.2, 0) is 9.53 Å². The first-order valence-electron chi connectivity index (χ1n) is 7.41. The standard InChI is InChI=1S/C16H18N2O4/c1-11-4-6-18(7-5-11)15(19)9-21-16(20)12-2-3-14-13(8-12)17-10-22-14/h2-3,8,10-11H,4-7,9H2,1H3. The van der Waals surface area contributed by atoms with Gasteiger partial charge < -0.3 is 14.1 Å². The van der Waals surface area contributed by atoms with Gasteiger partial charge >= 0.3 is 5.97 Å². The number of oxazole rings is 1. The molecule has 116 valence electrons. The fourth-order valence-electron chi connectivity index (χ4n) is 2.54. The summed E-state index contributed by atoms with van der Waals surface area (Å²) in [6.07, 6.45) is 3.33. The van der Waals surface area contributed by atoms with Gasteiger partial charge in [-0.2, -0.15) is 0 Å². The van der Waals surface area contributed by atoms with E-state index < -0.39 is 5.97 Å². The highest BCUT2D eigenvalue weighted by Gasteiger charge is 2.21. The van der Waals surface area contributed by atoms with Gasteiger partial charge in [0.05, 0.1) is 5.56 Å². The predicted octanol–water partition coefficient (Wildman–Crippen LogP) is 2.24. The number of ether oxygens (including phenoxy) is 1. The number of piperidine rings is 1. The SMILES string of the molecule is CC1CCN(C(=O)COC(=O)c2ccc3ocnc3c2)CC1. The fourth-order valence-corrected chi connectivity index (χ4v) is 2.54. The lowest BCUT2D eigenvalue weighted by Gasteiger charge is -2.30. The van der Waals surface area contributed by atoms with E-state index in [4.69, 9.17) is 9.15 Å². The van der Waals surface area contributed by atoms with Crippen LogP contribution < -0.4 is 0 Å². The van der Waals surface area contributed by atoms with Crippen molar-refractivity contribution in [2.24, 2.45) is 5.92 Å². The molecule has 1 fully saturated rings. The third kappa shape index (κ3) is 3.10. The molecule has 3 rings (SSSR count). The Balaban J connectivity index is 1.56. The maximum Gasteiger partial charge on any atom is 0.338 e. The molecule has 0 saturated carbocycles. The lowest BCUT2D eigenvalue weighted by molar-refractivity contribution is -0.135. The predicted molar refractivity (Wildman–Crippen MR) is 79.3 cm³/mol. The molecule has 2 aromatic rings. The van der Waals surface area contributed by atoms with Gasteiger partial charge in [0.2, 0.25) is 0 Å². The number of hydrogen-bond acceptors (Lipinski definition) is 5. The molecule has 1 aliphatic heterocycles. The second-order valence-corrected chi connectivity index (χ2v) is 5.67. The maximum absolute atomic E-state index is 12.0. The highest BCUT2D eigenvalue weighted by atomic mass is 16.5. The van der Waals surface area contributed by atoms with Gasteiger partial charge in [0.1, 0.15) is 5.52 Å². The number of nitrogens with zero attached hydrogens (tertiary/aromatic N) is 2. The van der Waals surface area contributed by atoms with Crippen LogP contribution in [0.3, 0.4) is 0 Å². The summed E-state index contributed by atoms with van der Waals surface area (Å²) in [6.45, 7) is 3.44. The maximum atomic E-state index is 12.0. The molecule has 1 amide bonds. The number of carbonyl (C=O) groups excluding carboxylic acids is 2. The van der Waals surface area contributed by atoms with Crippen molar-refractivity contribution in [2.45, 2.75) is 19.8 Å². The van der Waals surface area contributed by atoms with Gasteiger partial charge in [0.25, 0.3) is 5.91 Å². The topological polar surface area (TPSA) is 72.6 Å². The van der Waals surface area contributed by atoms with Crippen molar-refractivity contribution in [3.8, 4) is 0 Å². The Bertz CT molecular complexity index is 686. The monoisotopic (exact) mass is 302 g/mol. The van der Waals surface area contributed by atoms with Gasteiger partial charge in [-0.3, -0.25) is 4.79 Å². The van der Waals surface area contributed by atoms with Gasteiger partial charge in [-0.25, -0.2) is 9.78 Å². The summed E-state index contributed by atoms with van der Waals surface area (Å²) in [7, 11) is 0. The summed E-state index contributed by atoms with van der Waals surface area (Å²) < 4.78 is 10.2. The molecule has 0 aliphatic carbocycles. The Kier molecular flexibility index (Phi) is 4.09. The highest BCUT2D eigenvalue weighted by molar-refractivity contribution is 5.94. The van der Waals surface area contributed by atoms with E-state index in [1.54, 1.807) is 23.1 Å². The second-order valence-electron chi connectivity index (χ2n) is 5.67. The Morgan fingerprint density at radius 3 is 2.91 bits per heavy atom. The van der Waals surface area contributed by atoms with Crippen molar-refractivity contribution >= 4 is 23.0 Å². The largest absolute Gasteiger partial charge is 0.452 e. The van der Waals surface area contributed by atoms with Gasteiger partial charge in [-0.1, -0.05) is 6.92 Å². The van der Waals surface area contributed by atoms with Crippen LogP contribution in [0.2, 0.25) is 0 Å². The van der Waals surface area contributed by atoms with Crippen molar-refractivity contribution < 1.29 is 18.7 Å². The first-order chi connectivity index (χ1) is 10.6. The van der Waals surface area contributed by atoms with E-state index >= 15 is 0 Å². The zero-order valence-corrected chi connectivity index (χ0v) is 12.4. The van der Waals surface area contributed by atoms with E-state index in [0.717, 1.165) is 25.9 Å². The molecule has 0 atom stereocenters. The van der Waals surface area contributed by atoms with Crippen LogP contribution in [0.1, 0.15) is 30.1 Å². The van der Waals surface area contributed by atoms with E-state index in [1.807, 2.05) is 0 Å². The smallest absolute Gasteiger partial charge is 0.338 e. The average molecular weight is 302 g/mol. The fraction of sp³-hybridized carbons (Fsp3) is 0.438. The molecule has 6 heteroatoms. The summed E-state index contributed by atoms with van der Waals surface area (Å²) >= 11 is 0. The van der Waals surface area contributed by atoms with Crippen molar-refractivity contribution in [3.05, 3.63) is 30.2 Å². The molecule has 0 spiro atoms. The van der Waals surface area contributed by atoms with Crippen molar-refractivity contribution in [2.75, 3.05) is 19.7 Å². The number of likely N-dealkylation sites (tertiary alicyclic amines) is 1. The van der Waals surface area contributed by atoms with Crippen LogP contribution in [0.25, 0.3) is 11.1 Å². The Labute approximate surface area is 128 Å². The van der Waals surface area contributed by atoms with Crippen molar-refractivity contribution in [1.82, 2.24) is 9.88 Å². The van der Waals surface area contributed by atoms with Crippen molar-refractivity contribution in [1.29, 1.82) is 0 Å². The number of esters is 1. The van der Waals surface area contributed by atoms with Gasteiger partial charge in [-0.05, 0) is 37.0 Å². The Morgan fingerprint density at radius 2 is 2.14 bits per heavy atom. The zero-order valence-electron chi connectivity index (χ0n) is 12.4. The molecule has 0 bridgehead atoms. The normalized spacial score (nSPS) is 16.0. The van der Waals surface area contributed by atoms with E-state index in [9.17, 15) is 9.59 Å². The minimum absolute atomic E-state index is 0.136. The minimum Gasteiger partial charge on any atom is -0.452 e. The third-order valence-corrected chi connectivity index (χ3v) is 4.03.